The molecule has 2 aromatic carbocycles. The number of carbonyl (C=O) groups is 1. The van der Waals surface area contributed by atoms with Crippen molar-refractivity contribution < 1.29 is 24.1 Å². The molecule has 0 radical (unpaired) electrons. The van der Waals surface area contributed by atoms with Crippen molar-refractivity contribution in [3.63, 3.8) is 0 Å². The second kappa shape index (κ2) is 17.7. The van der Waals surface area contributed by atoms with Gasteiger partial charge in [-0.15, -0.1) is 0 Å². The summed E-state index contributed by atoms with van der Waals surface area (Å²) in [6.45, 7) is 10.3. The maximum atomic E-state index is 13.2. The lowest BCUT2D eigenvalue weighted by Gasteiger charge is -2.26. The number of hydrogen-bond donors (Lipinski definition) is 2. The number of nitrogens with zero attached hydrogens (tertiary/aromatic N) is 1. The quantitative estimate of drug-likeness (QED) is 0.149. The number of aliphatic hydroxyl groups excluding tert-OH is 1. The molecule has 1 amide bonds. The maximum Gasteiger partial charge on any atom is 0.223 e. The Hall–Kier alpha value is -3.29. The molecule has 0 bridgehead atoms. The van der Waals surface area contributed by atoms with Gasteiger partial charge in [0.15, 0.2) is 11.5 Å². The summed E-state index contributed by atoms with van der Waals surface area (Å²) >= 11 is 0. The monoisotopic (exact) mass is 592 g/mol. The molecule has 0 saturated heterocycles. The van der Waals surface area contributed by atoms with Gasteiger partial charge in [-0.05, 0) is 91.0 Å². The van der Waals surface area contributed by atoms with Crippen LogP contribution in [-0.4, -0.2) is 49.1 Å². The number of rotatable bonds is 19. The number of nitrogens with one attached hydrogen (secondary N) is 1. The Labute approximate surface area is 258 Å². The molecule has 0 aliphatic heterocycles. The molecule has 0 saturated carbocycles. The summed E-state index contributed by atoms with van der Waals surface area (Å²) in [7, 11) is 3.34. The van der Waals surface area contributed by atoms with Gasteiger partial charge >= 0.3 is 0 Å². The van der Waals surface area contributed by atoms with E-state index in [4.69, 9.17) is 14.2 Å². The van der Waals surface area contributed by atoms with Crippen LogP contribution in [0.2, 0.25) is 0 Å². The molecular weight excluding hydrogens is 540 g/mol. The Bertz CT molecular complexity index is 1210. The SMILES string of the molecule is COCCCOc1cc(C[C@@H](CC[C@@H](O)C[C@H](C(=O)NCc2ccc(-n3cccc3)cc2)C(C)C)C(C)C)ccc1OC. The predicted molar refractivity (Wildman–Crippen MR) is 173 cm³/mol. The lowest BCUT2D eigenvalue weighted by atomic mass is 9.82. The molecule has 7 nitrogen and oxygen atoms in total. The minimum Gasteiger partial charge on any atom is -0.493 e. The summed E-state index contributed by atoms with van der Waals surface area (Å²) in [4.78, 5) is 13.2. The summed E-state index contributed by atoms with van der Waals surface area (Å²) in [5.41, 5.74) is 3.33. The average molecular weight is 593 g/mol. The van der Waals surface area contributed by atoms with Crippen LogP contribution in [0.25, 0.3) is 5.69 Å². The fraction of sp³-hybridized carbons (Fsp3) is 0.528. The first-order valence-electron chi connectivity index (χ1n) is 15.7. The Morgan fingerprint density at radius 3 is 2.21 bits per heavy atom. The van der Waals surface area contributed by atoms with E-state index in [1.54, 1.807) is 14.2 Å². The third-order valence-electron chi connectivity index (χ3n) is 8.26. The molecule has 0 fully saturated rings. The number of ether oxygens (including phenoxy) is 3. The van der Waals surface area contributed by atoms with Crippen LogP contribution in [0.1, 0.15) is 64.5 Å². The van der Waals surface area contributed by atoms with Crippen molar-refractivity contribution in [1.29, 1.82) is 0 Å². The topological polar surface area (TPSA) is 82.0 Å². The van der Waals surface area contributed by atoms with Crippen LogP contribution in [0.5, 0.6) is 11.5 Å². The maximum absolute atomic E-state index is 13.2. The van der Waals surface area contributed by atoms with Gasteiger partial charge in [-0.25, -0.2) is 0 Å². The molecule has 3 aromatic rings. The Morgan fingerprint density at radius 2 is 1.58 bits per heavy atom. The van der Waals surface area contributed by atoms with E-state index < -0.39 is 6.10 Å². The van der Waals surface area contributed by atoms with Crippen molar-refractivity contribution in [2.45, 2.75) is 72.4 Å². The molecule has 0 aliphatic carbocycles. The largest absolute Gasteiger partial charge is 0.493 e. The molecule has 236 valence electrons. The van der Waals surface area contributed by atoms with Crippen molar-refractivity contribution in [1.82, 2.24) is 9.88 Å². The van der Waals surface area contributed by atoms with E-state index in [1.165, 1.54) is 5.56 Å². The second-order valence-electron chi connectivity index (χ2n) is 12.2. The Balaban J connectivity index is 1.52. The van der Waals surface area contributed by atoms with Gasteiger partial charge in [0.2, 0.25) is 5.91 Å². The number of aliphatic hydroxyl groups is 1. The number of methoxy groups -OCH3 is 2. The molecule has 0 aliphatic rings. The third-order valence-corrected chi connectivity index (χ3v) is 8.26. The summed E-state index contributed by atoms with van der Waals surface area (Å²) in [5.74, 6) is 2.21. The van der Waals surface area contributed by atoms with E-state index in [2.05, 4.69) is 61.8 Å². The second-order valence-corrected chi connectivity index (χ2v) is 12.2. The van der Waals surface area contributed by atoms with E-state index in [0.29, 0.717) is 44.4 Å². The van der Waals surface area contributed by atoms with Gasteiger partial charge in [-0.3, -0.25) is 4.79 Å². The average Bonchev–Trinajstić information content (AvgIpc) is 3.54. The van der Waals surface area contributed by atoms with Crippen molar-refractivity contribution in [3.8, 4) is 17.2 Å². The lowest BCUT2D eigenvalue weighted by Crippen LogP contribution is -2.35. The fourth-order valence-electron chi connectivity index (χ4n) is 5.43. The highest BCUT2D eigenvalue weighted by atomic mass is 16.5. The minimum atomic E-state index is -0.532. The highest BCUT2D eigenvalue weighted by Gasteiger charge is 2.26. The van der Waals surface area contributed by atoms with Crippen molar-refractivity contribution in [2.24, 2.45) is 23.7 Å². The van der Waals surface area contributed by atoms with Crippen LogP contribution in [0, 0.1) is 23.7 Å². The number of carbonyl (C=O) groups excluding carboxylic acids is 1. The normalized spacial score (nSPS) is 13.6. The highest BCUT2D eigenvalue weighted by molar-refractivity contribution is 5.78. The molecule has 7 heteroatoms. The van der Waals surface area contributed by atoms with Crippen LogP contribution in [0.3, 0.4) is 0 Å². The van der Waals surface area contributed by atoms with Crippen molar-refractivity contribution >= 4 is 5.91 Å². The van der Waals surface area contributed by atoms with Gasteiger partial charge in [0, 0.05) is 50.7 Å². The lowest BCUT2D eigenvalue weighted by molar-refractivity contribution is -0.127. The molecule has 0 spiro atoms. The molecule has 3 atom stereocenters. The van der Waals surface area contributed by atoms with E-state index in [9.17, 15) is 9.90 Å². The van der Waals surface area contributed by atoms with Gasteiger partial charge in [-0.1, -0.05) is 45.9 Å². The molecule has 1 heterocycles. The van der Waals surface area contributed by atoms with Gasteiger partial charge in [0.1, 0.15) is 0 Å². The number of hydrogen-bond acceptors (Lipinski definition) is 5. The zero-order valence-corrected chi connectivity index (χ0v) is 26.9. The summed E-state index contributed by atoms with van der Waals surface area (Å²) < 4.78 is 18.7. The number of amides is 1. The summed E-state index contributed by atoms with van der Waals surface area (Å²) in [6, 6.07) is 18.3. The first kappa shape index (κ1) is 34.2. The van der Waals surface area contributed by atoms with Crippen molar-refractivity contribution in [3.05, 3.63) is 78.1 Å². The van der Waals surface area contributed by atoms with E-state index in [1.807, 2.05) is 42.7 Å². The molecule has 0 unspecified atom stereocenters. The summed E-state index contributed by atoms with van der Waals surface area (Å²) in [5, 5.41) is 14.2. The molecule has 43 heavy (non-hydrogen) atoms. The van der Waals surface area contributed by atoms with Crippen molar-refractivity contribution in [2.75, 3.05) is 27.4 Å². The standard InChI is InChI=1S/C36H52N2O5/c1-26(2)30(22-29-12-17-34(42-6)35(23-29)43-21-9-20-41-5)13-16-32(39)24-33(27(3)4)36(40)37-25-28-10-14-31(15-11-28)38-18-7-8-19-38/h7-8,10-12,14-15,17-19,23,26-27,30,32-33,39H,9,13,16,20-22,24-25H2,1-6H3,(H,37,40)/t30-,32-,33+/m1/s1. The molecule has 1 aromatic heterocycles. The van der Waals surface area contributed by atoms with E-state index >= 15 is 0 Å². The van der Waals surface area contributed by atoms with Crippen LogP contribution < -0.4 is 14.8 Å². The predicted octanol–water partition coefficient (Wildman–Crippen LogP) is 6.84. The van der Waals surface area contributed by atoms with Crippen LogP contribution in [-0.2, 0) is 22.5 Å². The van der Waals surface area contributed by atoms with Gasteiger partial charge in [0.05, 0.1) is 19.8 Å². The molecule has 3 rings (SSSR count). The highest BCUT2D eigenvalue weighted by Crippen LogP contribution is 2.32. The Kier molecular flexibility index (Phi) is 14.1. The van der Waals surface area contributed by atoms with Gasteiger partial charge in [-0.2, -0.15) is 0 Å². The zero-order chi connectivity index (χ0) is 31.2. The smallest absolute Gasteiger partial charge is 0.223 e. The third kappa shape index (κ3) is 11.0. The Morgan fingerprint density at radius 1 is 0.884 bits per heavy atom. The molecule has 2 N–H and O–H groups in total. The molecular formula is C36H52N2O5. The van der Waals surface area contributed by atoms with Crippen LogP contribution in [0.15, 0.2) is 67.0 Å². The zero-order valence-electron chi connectivity index (χ0n) is 26.9. The summed E-state index contributed by atoms with van der Waals surface area (Å²) in [6.07, 6.45) is 7.20. The van der Waals surface area contributed by atoms with Crippen LogP contribution >= 0.6 is 0 Å². The first-order chi connectivity index (χ1) is 20.7. The van der Waals surface area contributed by atoms with E-state index in [0.717, 1.165) is 42.0 Å². The van der Waals surface area contributed by atoms with Gasteiger partial charge in [0.25, 0.3) is 0 Å². The number of aromatic nitrogens is 1. The number of benzene rings is 2. The first-order valence-corrected chi connectivity index (χ1v) is 15.7. The van der Waals surface area contributed by atoms with E-state index in [-0.39, 0.29) is 17.7 Å². The van der Waals surface area contributed by atoms with Crippen LogP contribution in [0.4, 0.5) is 0 Å². The van der Waals surface area contributed by atoms with Gasteiger partial charge < -0.3 is 29.2 Å². The minimum absolute atomic E-state index is 0.000192. The fourth-order valence-corrected chi connectivity index (χ4v) is 5.43.